The molecule has 2 heterocycles. The van der Waals surface area contributed by atoms with E-state index in [0.29, 0.717) is 34.5 Å². The smallest absolute Gasteiger partial charge is 0.226 e. The minimum absolute atomic E-state index is 0.152. The number of aromatic hydroxyl groups is 1. The number of phenols is 1. The van der Waals surface area contributed by atoms with Gasteiger partial charge in [0, 0.05) is 29.5 Å². The van der Waals surface area contributed by atoms with Gasteiger partial charge in [0.25, 0.3) is 0 Å². The van der Waals surface area contributed by atoms with Crippen LogP contribution < -0.4 is 9.47 Å². The average Bonchev–Trinajstić information content (AvgIpc) is 3.18. The summed E-state index contributed by atoms with van der Waals surface area (Å²) in [7, 11) is 1.49. The first kappa shape index (κ1) is 20.2. The number of methoxy groups -OCH3 is 1. The standard InChI is InChI=1S/C24H20N2O5/c1-15-20(26-24(31-15)16-6-4-3-5-7-16)14-30-22-11-8-17(13-25-22)23(28)19-10-9-18(29-2)12-21(19)27/h3-13,27H,14H2,1-2H3. The molecule has 4 rings (SSSR count). The van der Waals surface area contributed by atoms with Gasteiger partial charge in [-0.1, -0.05) is 18.2 Å². The largest absolute Gasteiger partial charge is 0.507 e. The number of pyridine rings is 1. The highest BCUT2D eigenvalue weighted by atomic mass is 16.5. The molecular weight excluding hydrogens is 396 g/mol. The van der Waals surface area contributed by atoms with Crippen LogP contribution in [0.15, 0.2) is 71.3 Å². The second-order valence-electron chi connectivity index (χ2n) is 6.77. The number of aryl methyl sites for hydroxylation is 1. The number of oxazole rings is 1. The van der Waals surface area contributed by atoms with Gasteiger partial charge in [-0.2, -0.15) is 0 Å². The zero-order valence-electron chi connectivity index (χ0n) is 17.0. The highest BCUT2D eigenvalue weighted by Crippen LogP contribution is 2.26. The molecule has 2 aromatic heterocycles. The lowest BCUT2D eigenvalue weighted by Gasteiger charge is -2.07. The van der Waals surface area contributed by atoms with Crippen molar-refractivity contribution in [1.82, 2.24) is 9.97 Å². The second kappa shape index (κ2) is 8.71. The lowest BCUT2D eigenvalue weighted by atomic mass is 10.0. The van der Waals surface area contributed by atoms with Gasteiger partial charge in [0.1, 0.15) is 29.6 Å². The third kappa shape index (κ3) is 4.40. The van der Waals surface area contributed by atoms with Crippen molar-refractivity contribution >= 4 is 5.78 Å². The van der Waals surface area contributed by atoms with E-state index >= 15 is 0 Å². The van der Waals surface area contributed by atoms with E-state index in [1.807, 2.05) is 37.3 Å². The summed E-state index contributed by atoms with van der Waals surface area (Å²) in [5.41, 5.74) is 2.06. The van der Waals surface area contributed by atoms with Gasteiger partial charge in [-0.25, -0.2) is 9.97 Å². The average molecular weight is 416 g/mol. The molecule has 0 radical (unpaired) electrons. The number of phenolic OH excluding ortho intramolecular Hbond substituents is 1. The topological polar surface area (TPSA) is 94.7 Å². The van der Waals surface area contributed by atoms with E-state index < -0.39 is 0 Å². The van der Waals surface area contributed by atoms with Crippen molar-refractivity contribution in [3.8, 4) is 28.8 Å². The Bertz CT molecular complexity index is 1200. The van der Waals surface area contributed by atoms with Crippen LogP contribution in [-0.2, 0) is 6.61 Å². The first-order valence-corrected chi connectivity index (χ1v) is 9.57. The molecule has 156 valence electrons. The highest BCUT2D eigenvalue weighted by molar-refractivity contribution is 6.10. The molecule has 7 nitrogen and oxygen atoms in total. The Balaban J connectivity index is 1.44. The molecular formula is C24H20N2O5. The first-order chi connectivity index (χ1) is 15.0. The lowest BCUT2D eigenvalue weighted by molar-refractivity contribution is 0.103. The number of hydrogen-bond donors (Lipinski definition) is 1. The molecule has 0 amide bonds. The number of ketones is 1. The summed E-state index contributed by atoms with van der Waals surface area (Å²) in [5, 5.41) is 10.1. The summed E-state index contributed by atoms with van der Waals surface area (Å²) >= 11 is 0. The van der Waals surface area contributed by atoms with Crippen LogP contribution in [0.5, 0.6) is 17.4 Å². The summed E-state index contributed by atoms with van der Waals surface area (Å²) in [6, 6.07) is 17.3. The maximum Gasteiger partial charge on any atom is 0.226 e. The molecule has 0 atom stereocenters. The molecule has 0 bridgehead atoms. The van der Waals surface area contributed by atoms with Crippen LogP contribution in [-0.4, -0.2) is 28.0 Å². The molecule has 0 unspecified atom stereocenters. The van der Waals surface area contributed by atoms with Gasteiger partial charge in [0.2, 0.25) is 11.8 Å². The SMILES string of the molecule is COc1ccc(C(=O)c2ccc(OCc3nc(-c4ccccc4)oc3C)nc2)c(O)c1. The van der Waals surface area contributed by atoms with Gasteiger partial charge in [0.15, 0.2) is 5.78 Å². The lowest BCUT2D eigenvalue weighted by Crippen LogP contribution is -2.04. The molecule has 0 fully saturated rings. The number of ether oxygens (including phenoxy) is 2. The van der Waals surface area contributed by atoms with Crippen molar-refractivity contribution in [1.29, 1.82) is 0 Å². The van der Waals surface area contributed by atoms with E-state index in [2.05, 4.69) is 9.97 Å². The predicted octanol–water partition coefficient (Wildman–Crippen LogP) is 4.57. The van der Waals surface area contributed by atoms with Crippen molar-refractivity contribution in [3.63, 3.8) is 0 Å². The number of rotatable bonds is 7. The van der Waals surface area contributed by atoms with Crippen molar-refractivity contribution in [2.45, 2.75) is 13.5 Å². The third-order valence-electron chi connectivity index (χ3n) is 4.72. The van der Waals surface area contributed by atoms with E-state index in [0.717, 1.165) is 5.56 Å². The van der Waals surface area contributed by atoms with Gasteiger partial charge < -0.3 is 19.0 Å². The Hall–Kier alpha value is -4.13. The zero-order valence-corrected chi connectivity index (χ0v) is 17.0. The zero-order chi connectivity index (χ0) is 21.8. The van der Waals surface area contributed by atoms with Crippen molar-refractivity contribution in [2.24, 2.45) is 0 Å². The molecule has 0 aliphatic carbocycles. The molecule has 0 aliphatic rings. The Morgan fingerprint density at radius 3 is 2.58 bits per heavy atom. The van der Waals surface area contributed by atoms with Crippen molar-refractivity contribution in [3.05, 3.63) is 89.4 Å². The minimum Gasteiger partial charge on any atom is -0.507 e. The molecule has 0 saturated heterocycles. The Morgan fingerprint density at radius 2 is 1.90 bits per heavy atom. The van der Waals surface area contributed by atoms with Crippen LogP contribution in [0, 0.1) is 6.92 Å². The molecule has 1 N–H and O–H groups in total. The molecule has 31 heavy (non-hydrogen) atoms. The van der Waals surface area contributed by atoms with Crippen LogP contribution in [0.4, 0.5) is 0 Å². The second-order valence-corrected chi connectivity index (χ2v) is 6.77. The quantitative estimate of drug-likeness (QED) is 0.441. The predicted molar refractivity (Wildman–Crippen MR) is 113 cm³/mol. The summed E-state index contributed by atoms with van der Waals surface area (Å²) in [5.74, 6) is 1.51. The fourth-order valence-corrected chi connectivity index (χ4v) is 2.99. The maximum absolute atomic E-state index is 12.6. The van der Waals surface area contributed by atoms with Gasteiger partial charge in [-0.15, -0.1) is 0 Å². The third-order valence-corrected chi connectivity index (χ3v) is 4.72. The van der Waals surface area contributed by atoms with Gasteiger partial charge in [-0.3, -0.25) is 4.79 Å². The van der Waals surface area contributed by atoms with Crippen LogP contribution >= 0.6 is 0 Å². The number of hydrogen-bond acceptors (Lipinski definition) is 7. The number of benzene rings is 2. The van der Waals surface area contributed by atoms with E-state index in [-0.39, 0.29) is 23.7 Å². The molecule has 2 aromatic carbocycles. The first-order valence-electron chi connectivity index (χ1n) is 9.57. The normalized spacial score (nSPS) is 10.6. The summed E-state index contributed by atoms with van der Waals surface area (Å²) < 4.78 is 16.5. The van der Waals surface area contributed by atoms with E-state index in [1.54, 1.807) is 18.2 Å². The van der Waals surface area contributed by atoms with Crippen LogP contribution in [0.1, 0.15) is 27.4 Å². The van der Waals surface area contributed by atoms with Gasteiger partial charge in [-0.05, 0) is 37.3 Å². The van der Waals surface area contributed by atoms with E-state index in [1.165, 1.54) is 25.4 Å². The Morgan fingerprint density at radius 1 is 1.10 bits per heavy atom. The van der Waals surface area contributed by atoms with E-state index in [9.17, 15) is 9.90 Å². The monoisotopic (exact) mass is 416 g/mol. The molecule has 0 saturated carbocycles. The molecule has 4 aromatic rings. The van der Waals surface area contributed by atoms with Crippen LogP contribution in [0.25, 0.3) is 11.5 Å². The maximum atomic E-state index is 12.6. The Labute approximate surface area is 178 Å². The summed E-state index contributed by atoms with van der Waals surface area (Å²) in [6.07, 6.45) is 1.41. The molecule has 0 aliphatic heterocycles. The fraction of sp³-hybridized carbons (Fsp3) is 0.125. The Kier molecular flexibility index (Phi) is 5.66. The van der Waals surface area contributed by atoms with Crippen molar-refractivity contribution < 1.29 is 23.8 Å². The number of aromatic nitrogens is 2. The van der Waals surface area contributed by atoms with Crippen LogP contribution in [0.2, 0.25) is 0 Å². The van der Waals surface area contributed by atoms with Crippen molar-refractivity contribution in [2.75, 3.05) is 7.11 Å². The number of nitrogens with zero attached hydrogens (tertiary/aromatic N) is 2. The molecule has 7 heteroatoms. The molecule has 0 spiro atoms. The summed E-state index contributed by atoms with van der Waals surface area (Å²) in [6.45, 7) is 2.01. The minimum atomic E-state index is -0.348. The van der Waals surface area contributed by atoms with Gasteiger partial charge in [0.05, 0.1) is 12.7 Å². The highest BCUT2D eigenvalue weighted by Gasteiger charge is 2.16. The fourth-order valence-electron chi connectivity index (χ4n) is 2.99. The van der Waals surface area contributed by atoms with Crippen LogP contribution in [0.3, 0.4) is 0 Å². The number of carbonyl (C=O) groups excluding carboxylic acids is 1. The van der Waals surface area contributed by atoms with E-state index in [4.69, 9.17) is 13.9 Å². The summed E-state index contributed by atoms with van der Waals surface area (Å²) in [4.78, 5) is 21.3. The van der Waals surface area contributed by atoms with Gasteiger partial charge >= 0.3 is 0 Å². The number of carbonyl (C=O) groups is 1.